The number of aldehydes is 1. The molecule has 0 saturated carbocycles. The van der Waals surface area contributed by atoms with E-state index >= 15 is 0 Å². The van der Waals surface area contributed by atoms with Crippen molar-refractivity contribution in [2.45, 2.75) is 5.41 Å². The Hall–Kier alpha value is -7.46. The molecule has 10 nitrogen and oxygen atoms in total. The van der Waals surface area contributed by atoms with Gasteiger partial charge in [0.25, 0.3) is 0 Å². The van der Waals surface area contributed by atoms with Crippen LogP contribution in [0.3, 0.4) is 0 Å². The largest absolute Gasteiger partial charge is 0.465 e. The Morgan fingerprint density at radius 3 is 1.61 bits per heavy atom. The average molecular weight is 713 g/mol. The van der Waals surface area contributed by atoms with Crippen LogP contribution in [-0.4, -0.2) is 43.2 Å². The van der Waals surface area contributed by atoms with Crippen molar-refractivity contribution in [2.24, 2.45) is 0 Å². The molecule has 9 rings (SSSR count). The van der Waals surface area contributed by atoms with E-state index in [9.17, 15) is 28.8 Å². The number of rotatable bonds is 6. The Bertz CT molecular complexity index is 2660. The highest BCUT2D eigenvalue weighted by molar-refractivity contribution is 6.15. The quantitative estimate of drug-likeness (QED) is 0.0743. The van der Waals surface area contributed by atoms with Gasteiger partial charge in [-0.1, -0.05) is 60.7 Å². The fourth-order valence-corrected chi connectivity index (χ4v) is 7.84. The van der Waals surface area contributed by atoms with E-state index in [4.69, 9.17) is 14.2 Å². The van der Waals surface area contributed by atoms with E-state index in [-0.39, 0.29) is 44.9 Å². The minimum Gasteiger partial charge on any atom is -0.465 e. The topological polar surface area (TPSA) is 139 Å². The van der Waals surface area contributed by atoms with Crippen molar-refractivity contribution >= 4 is 36.1 Å². The van der Waals surface area contributed by atoms with Gasteiger partial charge in [-0.25, -0.2) is 24.0 Å². The molecule has 1 aliphatic heterocycles. The fourth-order valence-electron chi connectivity index (χ4n) is 7.84. The molecule has 2 aliphatic carbocycles. The highest BCUT2D eigenvalue weighted by atomic mass is 16.6. The van der Waals surface area contributed by atoms with E-state index in [0.717, 1.165) is 44.5 Å². The van der Waals surface area contributed by atoms with Crippen LogP contribution in [0.15, 0.2) is 121 Å². The molecule has 0 N–H and O–H groups in total. The molecule has 0 unspecified atom stereocenters. The number of carbonyl (C=O) groups excluding carboxylic acids is 6. The number of hydrogen-bond donors (Lipinski definition) is 0. The maximum absolute atomic E-state index is 13.5. The maximum atomic E-state index is 13.5. The monoisotopic (exact) mass is 712 g/mol. The first kappa shape index (κ1) is 32.4. The van der Waals surface area contributed by atoms with Gasteiger partial charge < -0.3 is 18.9 Å². The molecule has 0 aromatic heterocycles. The van der Waals surface area contributed by atoms with Crippen molar-refractivity contribution in [1.29, 1.82) is 0 Å². The van der Waals surface area contributed by atoms with Crippen LogP contribution in [-0.2, 0) is 14.9 Å². The Morgan fingerprint density at radius 2 is 1.04 bits per heavy atom. The van der Waals surface area contributed by atoms with Crippen LogP contribution >= 0.6 is 0 Å². The molecule has 6 aromatic carbocycles. The third kappa shape index (κ3) is 4.66. The number of benzene rings is 6. The minimum absolute atomic E-state index is 0.00429. The second kappa shape index (κ2) is 12.1. The molecule has 0 saturated heterocycles. The third-order valence-electron chi connectivity index (χ3n) is 10.2. The van der Waals surface area contributed by atoms with Crippen LogP contribution in [0.4, 0.5) is 0 Å². The zero-order valence-corrected chi connectivity index (χ0v) is 28.2. The number of methoxy groups -OCH3 is 1. The number of carbonyl (C=O) groups is 6. The predicted molar refractivity (Wildman–Crippen MR) is 192 cm³/mol. The highest BCUT2D eigenvalue weighted by Crippen LogP contribution is 2.63. The minimum atomic E-state index is -0.913. The summed E-state index contributed by atoms with van der Waals surface area (Å²) in [6, 6.07) is 35.0. The Labute approximate surface area is 306 Å². The molecule has 0 amide bonds. The van der Waals surface area contributed by atoms with Gasteiger partial charge in [0.05, 0.1) is 40.3 Å². The zero-order chi connectivity index (χ0) is 37.3. The standard InChI is InChI=1S/C44H24O10/c1-51-41(48)33-18-23(10-11-25(33)22-45)39(46)52-26-13-16-30-31-17-14-27(53-40(47)24-12-15-32-34(19-24)43(50)54-42(32)49)21-38(31)44(37(30)20-26)35-8-4-2-6-28(35)29-7-3-5-9-36(29)44/h2-22H,1H3. The summed E-state index contributed by atoms with van der Waals surface area (Å²) >= 11 is 0. The SMILES string of the molecule is COC(=O)c1cc(C(=O)Oc2ccc3c(c2)C2(c4ccccc4-c4ccccc42)c2cc(OC(=O)c4ccc5c(c4)C(=O)OC5=O)ccc2-3)ccc1C=O. The predicted octanol–water partition coefficient (Wildman–Crippen LogP) is 7.38. The normalized spacial score (nSPS) is 13.6. The van der Waals surface area contributed by atoms with Crippen molar-refractivity contribution < 1.29 is 47.7 Å². The second-order valence-corrected chi connectivity index (χ2v) is 12.9. The van der Waals surface area contributed by atoms with Gasteiger partial charge in [-0.15, -0.1) is 0 Å². The van der Waals surface area contributed by atoms with E-state index in [1.165, 1.54) is 43.5 Å². The van der Waals surface area contributed by atoms with Crippen LogP contribution in [0, 0.1) is 0 Å². The summed E-state index contributed by atoms with van der Waals surface area (Å²) in [6.45, 7) is 0. The van der Waals surface area contributed by atoms with Crippen molar-refractivity contribution in [1.82, 2.24) is 0 Å². The molecular weight excluding hydrogens is 688 g/mol. The summed E-state index contributed by atoms with van der Waals surface area (Å²) in [5.74, 6) is -3.34. The van der Waals surface area contributed by atoms with Crippen LogP contribution in [0.5, 0.6) is 11.5 Å². The molecule has 0 atom stereocenters. The molecule has 0 radical (unpaired) electrons. The smallest absolute Gasteiger partial charge is 0.346 e. The summed E-state index contributed by atoms with van der Waals surface area (Å²) in [5.41, 5.74) is 6.70. The Morgan fingerprint density at radius 1 is 0.537 bits per heavy atom. The summed E-state index contributed by atoms with van der Waals surface area (Å²) in [6.07, 6.45) is 0.510. The summed E-state index contributed by atoms with van der Waals surface area (Å²) in [4.78, 5) is 75.0. The van der Waals surface area contributed by atoms with E-state index < -0.39 is 35.3 Å². The lowest BCUT2D eigenvalue weighted by Crippen LogP contribution is -2.26. The number of esters is 5. The van der Waals surface area contributed by atoms with Crippen LogP contribution in [0.2, 0.25) is 0 Å². The molecule has 0 bridgehead atoms. The average Bonchev–Trinajstić information content (AvgIpc) is 3.78. The first-order chi connectivity index (χ1) is 26.2. The molecule has 0 fully saturated rings. The highest BCUT2D eigenvalue weighted by Gasteiger charge is 2.52. The van der Waals surface area contributed by atoms with Crippen molar-refractivity contribution in [3.8, 4) is 33.8 Å². The molecule has 1 spiro atoms. The number of cyclic esters (lactones) is 2. The first-order valence-electron chi connectivity index (χ1n) is 16.7. The van der Waals surface area contributed by atoms with Gasteiger partial charge in [0.15, 0.2) is 6.29 Å². The third-order valence-corrected chi connectivity index (χ3v) is 10.2. The number of ether oxygens (including phenoxy) is 4. The number of hydrogen-bond acceptors (Lipinski definition) is 10. The zero-order valence-electron chi connectivity index (χ0n) is 28.2. The van der Waals surface area contributed by atoms with Crippen LogP contribution in [0.1, 0.15) is 84.4 Å². The molecule has 1 heterocycles. The maximum Gasteiger partial charge on any atom is 0.346 e. The summed E-state index contributed by atoms with van der Waals surface area (Å²) in [7, 11) is 1.18. The lowest BCUT2D eigenvalue weighted by atomic mass is 9.70. The molecule has 260 valence electrons. The first-order valence-corrected chi connectivity index (χ1v) is 16.7. The van der Waals surface area contributed by atoms with E-state index in [0.29, 0.717) is 6.29 Å². The molecule has 3 aliphatic rings. The lowest BCUT2D eigenvalue weighted by Gasteiger charge is -2.30. The van der Waals surface area contributed by atoms with Crippen molar-refractivity contribution in [3.05, 3.63) is 177 Å². The van der Waals surface area contributed by atoms with Gasteiger partial charge in [0.1, 0.15) is 11.5 Å². The van der Waals surface area contributed by atoms with Gasteiger partial charge in [-0.2, -0.15) is 0 Å². The molecule has 54 heavy (non-hydrogen) atoms. The molecular formula is C44H24O10. The van der Waals surface area contributed by atoms with Crippen LogP contribution < -0.4 is 9.47 Å². The van der Waals surface area contributed by atoms with Crippen molar-refractivity contribution in [2.75, 3.05) is 7.11 Å². The van der Waals surface area contributed by atoms with Gasteiger partial charge >= 0.3 is 29.8 Å². The van der Waals surface area contributed by atoms with E-state index in [1.807, 2.05) is 48.5 Å². The van der Waals surface area contributed by atoms with E-state index in [2.05, 4.69) is 29.0 Å². The summed E-state index contributed by atoms with van der Waals surface area (Å²) in [5, 5.41) is 0. The summed E-state index contributed by atoms with van der Waals surface area (Å²) < 4.78 is 21.3. The van der Waals surface area contributed by atoms with Gasteiger partial charge in [-0.05, 0) is 105 Å². The second-order valence-electron chi connectivity index (χ2n) is 12.9. The van der Waals surface area contributed by atoms with Crippen molar-refractivity contribution in [3.63, 3.8) is 0 Å². The van der Waals surface area contributed by atoms with Crippen LogP contribution in [0.25, 0.3) is 22.3 Å². The fraction of sp³-hybridized carbons (Fsp3) is 0.0455. The lowest BCUT2D eigenvalue weighted by molar-refractivity contribution is 0.0442. The Balaban J connectivity index is 1.15. The van der Waals surface area contributed by atoms with E-state index in [1.54, 1.807) is 12.1 Å². The van der Waals surface area contributed by atoms with Gasteiger partial charge in [0, 0.05) is 5.56 Å². The van der Waals surface area contributed by atoms with Gasteiger partial charge in [-0.3, -0.25) is 4.79 Å². The Kier molecular flexibility index (Phi) is 7.25. The van der Waals surface area contributed by atoms with Gasteiger partial charge in [0.2, 0.25) is 0 Å². The molecule has 10 heteroatoms. The number of fused-ring (bicyclic) bond motifs is 11. The molecule has 6 aromatic rings.